The molecule has 20 heavy (non-hydrogen) atoms. The highest BCUT2D eigenvalue weighted by Gasteiger charge is 2.42. The average molecular weight is 278 g/mol. The number of halogens is 1. The highest BCUT2D eigenvalue weighted by Crippen LogP contribution is 2.46. The molecule has 0 radical (unpaired) electrons. The number of hydrogen-bond donors (Lipinski definition) is 0. The minimum absolute atomic E-state index is 0.0556. The molecule has 1 fully saturated rings. The molecule has 0 spiro atoms. The number of methoxy groups -OCH3 is 1. The Morgan fingerprint density at radius 2 is 2.00 bits per heavy atom. The lowest BCUT2D eigenvalue weighted by Crippen LogP contribution is -2.30. The molecule has 1 aliphatic carbocycles. The van der Waals surface area contributed by atoms with Gasteiger partial charge in [0.25, 0.3) is 0 Å². The number of carbonyl (C=O) groups is 1. The van der Waals surface area contributed by atoms with Crippen LogP contribution in [-0.4, -0.2) is 12.9 Å². The van der Waals surface area contributed by atoms with Crippen molar-refractivity contribution >= 4 is 5.78 Å². The summed E-state index contributed by atoms with van der Waals surface area (Å²) < 4.78 is 18.8. The standard InChI is InChI=1S/C17H23FO2/c1-12(2)11-17(8-4-5-9-17)16(19)14-10-13(18)6-7-15(14)20-3/h6-7,10,12H,4-5,8-9,11H2,1-3H3. The largest absolute Gasteiger partial charge is 0.496 e. The van der Waals surface area contributed by atoms with Crippen LogP contribution in [-0.2, 0) is 0 Å². The molecular weight excluding hydrogens is 255 g/mol. The van der Waals surface area contributed by atoms with Gasteiger partial charge in [-0.1, -0.05) is 26.7 Å². The van der Waals surface area contributed by atoms with Gasteiger partial charge >= 0.3 is 0 Å². The summed E-state index contributed by atoms with van der Waals surface area (Å²) in [5, 5.41) is 0. The Morgan fingerprint density at radius 1 is 1.35 bits per heavy atom. The van der Waals surface area contributed by atoms with E-state index in [0.29, 0.717) is 17.2 Å². The minimum Gasteiger partial charge on any atom is -0.496 e. The zero-order valence-electron chi connectivity index (χ0n) is 12.5. The van der Waals surface area contributed by atoms with E-state index in [1.54, 1.807) is 6.07 Å². The van der Waals surface area contributed by atoms with E-state index in [1.807, 2.05) is 0 Å². The Balaban J connectivity index is 2.39. The summed E-state index contributed by atoms with van der Waals surface area (Å²) >= 11 is 0. The van der Waals surface area contributed by atoms with Crippen molar-refractivity contribution in [1.82, 2.24) is 0 Å². The Hall–Kier alpha value is -1.38. The summed E-state index contributed by atoms with van der Waals surface area (Å²) in [4.78, 5) is 13.0. The molecular formula is C17H23FO2. The van der Waals surface area contributed by atoms with Crippen LogP contribution in [0.3, 0.4) is 0 Å². The fourth-order valence-electron chi connectivity index (χ4n) is 3.50. The van der Waals surface area contributed by atoms with Gasteiger partial charge in [-0.15, -0.1) is 0 Å². The van der Waals surface area contributed by atoms with Gasteiger partial charge in [-0.3, -0.25) is 4.79 Å². The second-order valence-electron chi connectivity index (χ2n) is 6.26. The molecule has 0 aromatic heterocycles. The van der Waals surface area contributed by atoms with Gasteiger partial charge in [0.2, 0.25) is 0 Å². The number of ether oxygens (including phenoxy) is 1. The second-order valence-corrected chi connectivity index (χ2v) is 6.26. The quantitative estimate of drug-likeness (QED) is 0.734. The van der Waals surface area contributed by atoms with Crippen molar-refractivity contribution in [2.75, 3.05) is 7.11 Å². The summed E-state index contributed by atoms with van der Waals surface area (Å²) in [6.07, 6.45) is 4.84. The third kappa shape index (κ3) is 2.87. The van der Waals surface area contributed by atoms with Crippen molar-refractivity contribution in [3.8, 4) is 5.75 Å². The van der Waals surface area contributed by atoms with Crippen LogP contribution in [0.5, 0.6) is 5.75 Å². The molecule has 0 N–H and O–H groups in total. The Kier molecular flexibility index (Phi) is 4.46. The molecule has 2 rings (SSSR count). The zero-order valence-corrected chi connectivity index (χ0v) is 12.5. The van der Waals surface area contributed by atoms with Crippen molar-refractivity contribution in [2.45, 2.75) is 46.0 Å². The first-order valence-corrected chi connectivity index (χ1v) is 7.37. The van der Waals surface area contributed by atoms with Crippen LogP contribution >= 0.6 is 0 Å². The molecule has 0 bridgehead atoms. The van der Waals surface area contributed by atoms with E-state index in [9.17, 15) is 9.18 Å². The van der Waals surface area contributed by atoms with Gasteiger partial charge in [0.1, 0.15) is 11.6 Å². The molecule has 1 saturated carbocycles. The normalized spacial score (nSPS) is 17.4. The first-order valence-electron chi connectivity index (χ1n) is 7.37. The van der Waals surface area contributed by atoms with Crippen LogP contribution in [0, 0.1) is 17.2 Å². The maximum atomic E-state index is 13.5. The molecule has 1 aliphatic rings. The summed E-state index contributed by atoms with van der Waals surface area (Å²) in [5.74, 6) is 0.606. The lowest BCUT2D eigenvalue weighted by molar-refractivity contribution is 0.0756. The molecule has 0 atom stereocenters. The van der Waals surface area contributed by atoms with Gasteiger partial charge in [-0.05, 0) is 43.4 Å². The fraction of sp³-hybridized carbons (Fsp3) is 0.588. The van der Waals surface area contributed by atoms with Gasteiger partial charge < -0.3 is 4.74 Å². The monoisotopic (exact) mass is 278 g/mol. The number of Topliss-reactive ketones (excluding diaryl/α,β-unsaturated/α-hetero) is 1. The van der Waals surface area contributed by atoms with Gasteiger partial charge in [0.05, 0.1) is 12.7 Å². The highest BCUT2D eigenvalue weighted by molar-refractivity contribution is 6.03. The van der Waals surface area contributed by atoms with E-state index >= 15 is 0 Å². The van der Waals surface area contributed by atoms with Crippen molar-refractivity contribution < 1.29 is 13.9 Å². The van der Waals surface area contributed by atoms with Gasteiger partial charge in [-0.25, -0.2) is 4.39 Å². The van der Waals surface area contributed by atoms with Gasteiger partial charge in [0.15, 0.2) is 5.78 Å². The van der Waals surface area contributed by atoms with E-state index in [1.165, 1.54) is 19.2 Å². The molecule has 110 valence electrons. The minimum atomic E-state index is -0.383. The van der Waals surface area contributed by atoms with E-state index in [0.717, 1.165) is 32.1 Å². The second kappa shape index (κ2) is 5.94. The van der Waals surface area contributed by atoms with Crippen molar-refractivity contribution in [1.29, 1.82) is 0 Å². The van der Waals surface area contributed by atoms with Crippen LogP contribution in [0.25, 0.3) is 0 Å². The molecule has 0 aliphatic heterocycles. The summed E-state index contributed by atoms with van der Waals surface area (Å²) in [6, 6.07) is 4.20. The van der Waals surface area contributed by atoms with Crippen molar-refractivity contribution in [3.63, 3.8) is 0 Å². The van der Waals surface area contributed by atoms with E-state index in [-0.39, 0.29) is 17.0 Å². The summed E-state index contributed by atoms with van der Waals surface area (Å²) in [6.45, 7) is 4.27. The van der Waals surface area contributed by atoms with Crippen LogP contribution in [0.15, 0.2) is 18.2 Å². The van der Waals surface area contributed by atoms with E-state index in [2.05, 4.69) is 13.8 Å². The topological polar surface area (TPSA) is 26.3 Å². The smallest absolute Gasteiger partial charge is 0.172 e. The molecule has 0 unspecified atom stereocenters. The predicted molar refractivity (Wildman–Crippen MR) is 77.6 cm³/mol. The molecule has 0 heterocycles. The number of carbonyl (C=O) groups excluding carboxylic acids is 1. The SMILES string of the molecule is COc1ccc(F)cc1C(=O)C1(CC(C)C)CCCC1. The lowest BCUT2D eigenvalue weighted by Gasteiger charge is -2.30. The Labute approximate surface area is 120 Å². The molecule has 0 saturated heterocycles. The third-order valence-corrected chi connectivity index (χ3v) is 4.25. The van der Waals surface area contributed by atoms with E-state index < -0.39 is 0 Å². The van der Waals surface area contributed by atoms with Gasteiger partial charge in [-0.2, -0.15) is 0 Å². The Morgan fingerprint density at radius 3 is 2.55 bits per heavy atom. The number of rotatable bonds is 5. The maximum absolute atomic E-state index is 13.5. The summed E-state index contributed by atoms with van der Waals surface area (Å²) in [5.41, 5.74) is 0.0740. The average Bonchev–Trinajstić information content (AvgIpc) is 2.86. The van der Waals surface area contributed by atoms with Crippen LogP contribution in [0.1, 0.15) is 56.3 Å². The molecule has 0 amide bonds. The highest BCUT2D eigenvalue weighted by atomic mass is 19.1. The van der Waals surface area contributed by atoms with Gasteiger partial charge in [0, 0.05) is 5.41 Å². The predicted octanol–water partition coefficient (Wildman–Crippen LogP) is 4.62. The fourth-order valence-corrected chi connectivity index (χ4v) is 3.50. The number of benzene rings is 1. The number of ketones is 1. The molecule has 1 aromatic rings. The lowest BCUT2D eigenvalue weighted by atomic mass is 9.73. The van der Waals surface area contributed by atoms with E-state index in [4.69, 9.17) is 4.74 Å². The van der Waals surface area contributed by atoms with Crippen LogP contribution in [0.4, 0.5) is 4.39 Å². The maximum Gasteiger partial charge on any atom is 0.172 e. The zero-order chi connectivity index (χ0) is 14.8. The van der Waals surface area contributed by atoms with Crippen molar-refractivity contribution in [3.05, 3.63) is 29.6 Å². The van der Waals surface area contributed by atoms with Crippen molar-refractivity contribution in [2.24, 2.45) is 11.3 Å². The molecule has 1 aromatic carbocycles. The third-order valence-electron chi connectivity index (χ3n) is 4.25. The van der Waals surface area contributed by atoms with Crippen LogP contribution < -0.4 is 4.74 Å². The Bertz CT molecular complexity index is 488. The summed E-state index contributed by atoms with van der Waals surface area (Å²) in [7, 11) is 1.52. The first-order chi connectivity index (χ1) is 9.48. The first kappa shape index (κ1) is 15.0. The molecule has 3 heteroatoms. The number of hydrogen-bond acceptors (Lipinski definition) is 2. The van der Waals surface area contributed by atoms with Crippen LogP contribution in [0.2, 0.25) is 0 Å². The molecule has 2 nitrogen and oxygen atoms in total.